The Labute approximate surface area is 181 Å². The Balaban J connectivity index is 1.36. The molecule has 2 N–H and O–H groups in total. The van der Waals surface area contributed by atoms with Gasteiger partial charge in [-0.05, 0) is 18.2 Å². The highest BCUT2D eigenvalue weighted by molar-refractivity contribution is 6.34. The third-order valence-corrected chi connectivity index (χ3v) is 5.88. The van der Waals surface area contributed by atoms with E-state index < -0.39 is 18.3 Å². The van der Waals surface area contributed by atoms with Gasteiger partial charge in [0.25, 0.3) is 6.01 Å². The first kappa shape index (κ1) is 19.7. The molecular formula is C20H17Cl2N3O5. The number of rotatable bonds is 5. The number of ketones is 1. The van der Waals surface area contributed by atoms with Gasteiger partial charge in [-0.1, -0.05) is 35.3 Å². The van der Waals surface area contributed by atoms with Crippen molar-refractivity contribution in [1.82, 2.24) is 15.0 Å². The van der Waals surface area contributed by atoms with Gasteiger partial charge in [-0.3, -0.25) is 4.79 Å². The maximum Gasteiger partial charge on any atom is 0.296 e. The van der Waals surface area contributed by atoms with Gasteiger partial charge < -0.3 is 24.3 Å². The van der Waals surface area contributed by atoms with Crippen molar-refractivity contribution in [2.45, 2.75) is 30.8 Å². The lowest BCUT2D eigenvalue weighted by Gasteiger charge is -2.15. The average Bonchev–Trinajstić information content (AvgIpc) is 3.40. The summed E-state index contributed by atoms with van der Waals surface area (Å²) in [5, 5.41) is 10.6. The quantitative estimate of drug-likeness (QED) is 0.576. The molecule has 2 aliphatic rings. The fourth-order valence-electron chi connectivity index (χ4n) is 3.74. The van der Waals surface area contributed by atoms with Crippen LogP contribution in [0, 0.1) is 0 Å². The van der Waals surface area contributed by atoms with Gasteiger partial charge in [-0.2, -0.15) is 4.98 Å². The molecule has 2 aromatic heterocycles. The second kappa shape index (κ2) is 7.79. The number of ether oxygens (including phenoxy) is 3. The van der Waals surface area contributed by atoms with Gasteiger partial charge in [0.1, 0.15) is 18.3 Å². The lowest BCUT2D eigenvalue weighted by Crippen LogP contribution is -2.34. The van der Waals surface area contributed by atoms with Gasteiger partial charge in [-0.25, -0.2) is 4.98 Å². The molecule has 1 aromatic carbocycles. The van der Waals surface area contributed by atoms with Gasteiger partial charge in [0.05, 0.1) is 40.9 Å². The van der Waals surface area contributed by atoms with E-state index in [1.54, 1.807) is 30.3 Å². The van der Waals surface area contributed by atoms with E-state index in [4.69, 9.17) is 37.4 Å². The molecule has 10 heteroatoms. The number of hydrogen-bond acceptors (Lipinski definition) is 7. The van der Waals surface area contributed by atoms with Crippen molar-refractivity contribution >= 4 is 40.1 Å². The fraction of sp³-hybridized carbons (Fsp3) is 0.350. The molecule has 0 spiro atoms. The third kappa shape index (κ3) is 3.55. The van der Waals surface area contributed by atoms with Crippen LogP contribution < -0.4 is 4.74 Å². The summed E-state index contributed by atoms with van der Waals surface area (Å²) in [6.45, 7) is 0.504. The molecule has 30 heavy (non-hydrogen) atoms. The summed E-state index contributed by atoms with van der Waals surface area (Å²) < 4.78 is 17.0. The number of aromatic nitrogens is 3. The zero-order chi connectivity index (χ0) is 20.8. The summed E-state index contributed by atoms with van der Waals surface area (Å²) in [5.74, 6) is -0.188. The number of nitrogens with one attached hydrogen (secondary N) is 1. The molecule has 3 aromatic rings. The number of benzene rings is 1. The number of aromatic amines is 1. The number of aliphatic hydroxyl groups excluding tert-OH is 1. The number of halogens is 2. The number of H-pyrrole nitrogens is 1. The molecule has 0 unspecified atom stereocenters. The van der Waals surface area contributed by atoms with E-state index >= 15 is 0 Å². The Morgan fingerprint density at radius 3 is 2.80 bits per heavy atom. The Bertz CT molecular complexity index is 1120. The highest BCUT2D eigenvalue weighted by atomic mass is 35.5. The molecule has 0 radical (unpaired) electrons. The number of imidazole rings is 1. The minimum absolute atomic E-state index is 0.00644. The predicted octanol–water partition coefficient (Wildman–Crippen LogP) is 2.60. The summed E-state index contributed by atoms with van der Waals surface area (Å²) in [5.41, 5.74) is 1.77. The molecule has 4 atom stereocenters. The minimum atomic E-state index is -0.655. The molecule has 156 valence electrons. The van der Waals surface area contributed by atoms with Crippen LogP contribution in [0.4, 0.5) is 0 Å². The maximum absolute atomic E-state index is 12.6. The van der Waals surface area contributed by atoms with Crippen molar-refractivity contribution in [2.24, 2.45) is 0 Å². The number of pyridine rings is 1. The lowest BCUT2D eigenvalue weighted by molar-refractivity contribution is 0.00706. The van der Waals surface area contributed by atoms with Crippen molar-refractivity contribution in [2.75, 3.05) is 13.2 Å². The molecule has 0 saturated carbocycles. The van der Waals surface area contributed by atoms with Crippen molar-refractivity contribution < 1.29 is 24.1 Å². The van der Waals surface area contributed by atoms with E-state index in [0.29, 0.717) is 32.5 Å². The smallest absolute Gasteiger partial charge is 0.296 e. The van der Waals surface area contributed by atoms with E-state index in [1.807, 2.05) is 0 Å². The monoisotopic (exact) mass is 449 g/mol. The standard InChI is InChI=1S/C20H17Cl2N3O5/c21-10-4-2-1-3-9(10)14(26)6-12-11(22)5-13-19(23-12)25-20(24-13)30-16-8-29-17-15(27)7-28-18(16)17/h1-5,15-18,27H,6-8H2,(H,23,24,25)/t15-,16-,17-,18-/m1/s1. The fourth-order valence-corrected chi connectivity index (χ4v) is 4.19. The molecule has 4 heterocycles. The van der Waals surface area contributed by atoms with E-state index in [0.717, 1.165) is 0 Å². The number of carbonyl (C=O) groups is 1. The number of Topliss-reactive ketones (excluding diaryl/α,β-unsaturated/α-hetero) is 1. The zero-order valence-corrected chi connectivity index (χ0v) is 17.1. The molecule has 5 rings (SSSR count). The Morgan fingerprint density at radius 2 is 1.97 bits per heavy atom. The van der Waals surface area contributed by atoms with Gasteiger partial charge in [0, 0.05) is 5.56 Å². The first-order valence-electron chi connectivity index (χ1n) is 9.40. The van der Waals surface area contributed by atoms with Crippen molar-refractivity contribution in [1.29, 1.82) is 0 Å². The highest BCUT2D eigenvalue weighted by Gasteiger charge is 2.48. The van der Waals surface area contributed by atoms with Crippen LogP contribution in [0.15, 0.2) is 30.3 Å². The molecule has 0 aliphatic carbocycles. The molecule has 0 bridgehead atoms. The van der Waals surface area contributed by atoms with Gasteiger partial charge in [0.15, 0.2) is 17.5 Å². The van der Waals surface area contributed by atoms with Crippen molar-refractivity contribution in [3.63, 3.8) is 0 Å². The second-order valence-electron chi connectivity index (χ2n) is 7.23. The molecule has 8 nitrogen and oxygen atoms in total. The normalized spacial score (nSPS) is 25.6. The topological polar surface area (TPSA) is 107 Å². The molecular weight excluding hydrogens is 433 g/mol. The molecule has 2 saturated heterocycles. The van der Waals surface area contributed by atoms with Crippen LogP contribution >= 0.6 is 23.2 Å². The van der Waals surface area contributed by atoms with E-state index in [-0.39, 0.29) is 37.5 Å². The van der Waals surface area contributed by atoms with E-state index in [2.05, 4.69) is 15.0 Å². The predicted molar refractivity (Wildman–Crippen MR) is 108 cm³/mol. The number of fused-ring (bicyclic) bond motifs is 2. The van der Waals surface area contributed by atoms with Crippen molar-refractivity contribution in [3.05, 3.63) is 51.6 Å². The summed E-state index contributed by atoms with van der Waals surface area (Å²) in [6.07, 6.45) is -1.81. The molecule has 2 aliphatic heterocycles. The van der Waals surface area contributed by atoms with E-state index in [1.165, 1.54) is 0 Å². The summed E-state index contributed by atoms with van der Waals surface area (Å²) in [7, 11) is 0. The highest BCUT2D eigenvalue weighted by Crippen LogP contribution is 2.30. The van der Waals surface area contributed by atoms with Gasteiger partial charge in [0.2, 0.25) is 0 Å². The largest absolute Gasteiger partial charge is 0.456 e. The average molecular weight is 450 g/mol. The third-order valence-electron chi connectivity index (χ3n) is 5.22. The van der Waals surface area contributed by atoms with Crippen LogP contribution in [-0.4, -0.2) is 63.5 Å². The van der Waals surface area contributed by atoms with Gasteiger partial charge >= 0.3 is 0 Å². The second-order valence-corrected chi connectivity index (χ2v) is 8.04. The van der Waals surface area contributed by atoms with Crippen LogP contribution in [0.25, 0.3) is 11.2 Å². The van der Waals surface area contributed by atoms with Crippen LogP contribution in [-0.2, 0) is 15.9 Å². The Kier molecular flexibility index (Phi) is 5.12. The SMILES string of the molecule is O=C(Cc1nc2nc(O[C@@H]3CO[C@H]4[C@@H]3OC[C@H]4O)[nH]c2cc1Cl)c1ccccc1Cl. The number of nitrogens with zero attached hydrogens (tertiary/aromatic N) is 2. The molecule has 0 amide bonds. The lowest BCUT2D eigenvalue weighted by atomic mass is 10.1. The number of hydrogen-bond donors (Lipinski definition) is 2. The maximum atomic E-state index is 12.6. The first-order chi connectivity index (χ1) is 14.5. The van der Waals surface area contributed by atoms with Crippen molar-refractivity contribution in [3.8, 4) is 6.01 Å². The minimum Gasteiger partial charge on any atom is -0.456 e. The molecule has 2 fully saturated rings. The summed E-state index contributed by atoms with van der Waals surface area (Å²) in [4.78, 5) is 24.4. The van der Waals surface area contributed by atoms with Crippen LogP contribution in [0.2, 0.25) is 10.0 Å². The Hall–Kier alpha value is -2.23. The van der Waals surface area contributed by atoms with Crippen LogP contribution in [0.3, 0.4) is 0 Å². The Morgan fingerprint density at radius 1 is 1.17 bits per heavy atom. The van der Waals surface area contributed by atoms with Crippen LogP contribution in [0.1, 0.15) is 16.1 Å². The zero-order valence-electron chi connectivity index (χ0n) is 15.5. The number of aliphatic hydroxyl groups is 1. The summed E-state index contributed by atoms with van der Waals surface area (Å²) in [6, 6.07) is 8.73. The van der Waals surface area contributed by atoms with Gasteiger partial charge in [-0.15, -0.1) is 0 Å². The van der Waals surface area contributed by atoms with Crippen LogP contribution in [0.5, 0.6) is 6.01 Å². The first-order valence-corrected chi connectivity index (χ1v) is 10.2. The number of carbonyl (C=O) groups excluding carboxylic acids is 1. The van der Waals surface area contributed by atoms with E-state index in [9.17, 15) is 9.90 Å². The summed E-state index contributed by atoms with van der Waals surface area (Å²) >= 11 is 12.4.